The lowest BCUT2D eigenvalue weighted by Gasteiger charge is -2.59. The maximum absolute atomic E-state index is 13.4. The van der Waals surface area contributed by atoms with Gasteiger partial charge in [-0.1, -0.05) is 40.5 Å². The molecule has 1 amide bonds. The molecule has 2 aliphatic carbocycles. The Kier molecular flexibility index (Phi) is 6.44. The van der Waals surface area contributed by atoms with Gasteiger partial charge in [0.15, 0.2) is 0 Å². The standard InChI is InChI=1S/C23H35NO4S/c1-15-7-8-20-22(2,3)9-6-10-23(20,4)19(15)14-29(27)18-12-16(11-17(25)13-18)21(26)24-28-5/h11-13,15,19-20,25H,6-10,14H2,1-5H3,(H,24,26). The summed E-state index contributed by atoms with van der Waals surface area (Å²) in [5.41, 5.74) is 3.00. The van der Waals surface area contributed by atoms with Crippen molar-refractivity contribution >= 4 is 16.7 Å². The number of carbonyl (C=O) groups is 1. The summed E-state index contributed by atoms with van der Waals surface area (Å²) in [5.74, 6) is 1.57. The van der Waals surface area contributed by atoms with Gasteiger partial charge in [-0.05, 0) is 66.0 Å². The lowest BCUT2D eigenvalue weighted by molar-refractivity contribution is -0.0853. The van der Waals surface area contributed by atoms with Crippen molar-refractivity contribution in [3.63, 3.8) is 0 Å². The largest absolute Gasteiger partial charge is 0.508 e. The third kappa shape index (κ3) is 4.38. The Morgan fingerprint density at radius 2 is 1.97 bits per heavy atom. The van der Waals surface area contributed by atoms with Gasteiger partial charge in [0.25, 0.3) is 5.91 Å². The smallest absolute Gasteiger partial charge is 0.275 e. The van der Waals surface area contributed by atoms with Gasteiger partial charge in [-0.25, -0.2) is 5.48 Å². The Balaban J connectivity index is 1.86. The van der Waals surface area contributed by atoms with Crippen molar-refractivity contribution in [2.45, 2.75) is 64.7 Å². The minimum atomic E-state index is -1.29. The minimum Gasteiger partial charge on any atom is -0.508 e. The average Bonchev–Trinajstić information content (AvgIpc) is 2.63. The van der Waals surface area contributed by atoms with Crippen LogP contribution < -0.4 is 5.48 Å². The molecule has 1 aromatic rings. The van der Waals surface area contributed by atoms with E-state index in [-0.39, 0.29) is 16.7 Å². The lowest BCUT2D eigenvalue weighted by atomic mass is 9.47. The number of hydrogen-bond donors (Lipinski definition) is 2. The Labute approximate surface area is 177 Å². The van der Waals surface area contributed by atoms with E-state index < -0.39 is 16.7 Å². The number of rotatable bonds is 5. The van der Waals surface area contributed by atoms with Crippen molar-refractivity contribution in [3.05, 3.63) is 23.8 Å². The molecule has 0 saturated heterocycles. The van der Waals surface area contributed by atoms with E-state index in [2.05, 4.69) is 38.0 Å². The molecule has 0 aliphatic heterocycles. The lowest BCUT2D eigenvalue weighted by Crippen LogP contribution is -2.52. The molecule has 29 heavy (non-hydrogen) atoms. The quantitative estimate of drug-likeness (QED) is 0.678. The van der Waals surface area contributed by atoms with Gasteiger partial charge in [0, 0.05) is 16.2 Å². The van der Waals surface area contributed by atoms with Crippen LogP contribution in [0.25, 0.3) is 0 Å². The highest BCUT2D eigenvalue weighted by molar-refractivity contribution is 7.85. The molecule has 6 heteroatoms. The van der Waals surface area contributed by atoms with Crippen LogP contribution in [-0.2, 0) is 15.6 Å². The first-order valence-corrected chi connectivity index (χ1v) is 12.0. The van der Waals surface area contributed by atoms with Crippen LogP contribution in [0.4, 0.5) is 0 Å². The number of phenolic OH excluding ortho intramolecular Hbond substituents is 1. The molecule has 2 saturated carbocycles. The van der Waals surface area contributed by atoms with E-state index >= 15 is 0 Å². The molecule has 2 fully saturated rings. The molecular formula is C23H35NO4S. The van der Waals surface area contributed by atoms with Crippen LogP contribution in [0.15, 0.2) is 23.1 Å². The summed E-state index contributed by atoms with van der Waals surface area (Å²) in [4.78, 5) is 17.2. The van der Waals surface area contributed by atoms with Crippen LogP contribution in [0.1, 0.15) is 70.2 Å². The molecule has 0 spiro atoms. The second kappa shape index (κ2) is 8.38. The highest BCUT2D eigenvalue weighted by Gasteiger charge is 2.53. The first-order chi connectivity index (χ1) is 13.6. The Morgan fingerprint density at radius 1 is 1.24 bits per heavy atom. The molecule has 162 valence electrons. The summed E-state index contributed by atoms with van der Waals surface area (Å²) < 4.78 is 13.4. The van der Waals surface area contributed by atoms with Crippen LogP contribution in [0.2, 0.25) is 0 Å². The zero-order valence-electron chi connectivity index (χ0n) is 18.3. The normalized spacial score (nSPS) is 32.2. The van der Waals surface area contributed by atoms with E-state index in [1.54, 1.807) is 6.07 Å². The van der Waals surface area contributed by atoms with Crippen molar-refractivity contribution in [1.82, 2.24) is 5.48 Å². The average molecular weight is 422 g/mol. The van der Waals surface area contributed by atoms with E-state index in [0.29, 0.717) is 33.8 Å². The first kappa shape index (κ1) is 22.3. The second-order valence-electron chi connectivity index (χ2n) is 9.92. The van der Waals surface area contributed by atoms with Gasteiger partial charge < -0.3 is 5.11 Å². The number of carbonyl (C=O) groups excluding carboxylic acids is 1. The molecule has 0 radical (unpaired) electrons. The molecule has 3 rings (SSSR count). The van der Waals surface area contributed by atoms with Crippen LogP contribution in [-0.4, -0.2) is 28.1 Å². The number of phenols is 1. The summed E-state index contributed by atoms with van der Waals surface area (Å²) >= 11 is 0. The predicted molar refractivity (Wildman–Crippen MR) is 115 cm³/mol. The zero-order chi connectivity index (χ0) is 21.4. The van der Waals surface area contributed by atoms with Gasteiger partial charge >= 0.3 is 0 Å². The second-order valence-corrected chi connectivity index (χ2v) is 11.4. The fraction of sp³-hybridized carbons (Fsp3) is 0.696. The Bertz CT molecular complexity index is 793. The number of benzene rings is 1. The van der Waals surface area contributed by atoms with Crippen molar-refractivity contribution in [2.24, 2.45) is 28.6 Å². The third-order valence-electron chi connectivity index (χ3n) is 7.66. The summed E-state index contributed by atoms with van der Waals surface area (Å²) in [6.07, 6.45) is 6.11. The molecule has 0 bridgehead atoms. The summed E-state index contributed by atoms with van der Waals surface area (Å²) in [5, 5.41) is 10.1. The van der Waals surface area contributed by atoms with Crippen LogP contribution >= 0.6 is 0 Å². The van der Waals surface area contributed by atoms with Crippen LogP contribution in [0.3, 0.4) is 0 Å². The molecule has 0 heterocycles. The highest BCUT2D eigenvalue weighted by Crippen LogP contribution is 2.61. The first-order valence-electron chi connectivity index (χ1n) is 10.6. The van der Waals surface area contributed by atoms with Gasteiger partial charge in [0.2, 0.25) is 0 Å². The molecule has 1 aromatic carbocycles. The molecule has 0 aromatic heterocycles. The summed E-state index contributed by atoms with van der Waals surface area (Å²) in [6, 6.07) is 4.47. The van der Waals surface area contributed by atoms with E-state index in [1.807, 2.05) is 0 Å². The van der Waals surface area contributed by atoms with Crippen molar-refractivity contribution < 1.29 is 18.9 Å². The van der Waals surface area contributed by atoms with Crippen LogP contribution in [0.5, 0.6) is 5.75 Å². The fourth-order valence-corrected chi connectivity index (χ4v) is 7.96. The Hall–Kier alpha value is -1.40. The van der Waals surface area contributed by atoms with E-state index in [0.717, 1.165) is 0 Å². The predicted octanol–water partition coefficient (Wildman–Crippen LogP) is 4.67. The van der Waals surface area contributed by atoms with Gasteiger partial charge in [-0.15, -0.1) is 0 Å². The minimum absolute atomic E-state index is 0.0586. The van der Waals surface area contributed by atoms with Crippen molar-refractivity contribution in [3.8, 4) is 5.75 Å². The molecule has 5 unspecified atom stereocenters. The zero-order valence-corrected chi connectivity index (χ0v) is 19.1. The van der Waals surface area contributed by atoms with Crippen molar-refractivity contribution in [1.29, 1.82) is 0 Å². The number of fused-ring (bicyclic) bond motifs is 1. The van der Waals surface area contributed by atoms with Gasteiger partial charge in [0.1, 0.15) is 5.75 Å². The number of amides is 1. The number of nitrogens with one attached hydrogen (secondary N) is 1. The SMILES string of the molecule is CONC(=O)c1cc(O)cc(S(=O)CC2C(C)CCC3C(C)(C)CCCC23C)c1. The van der Waals surface area contributed by atoms with E-state index in [9.17, 15) is 14.1 Å². The van der Waals surface area contributed by atoms with E-state index in [1.165, 1.54) is 51.3 Å². The topological polar surface area (TPSA) is 75.6 Å². The third-order valence-corrected chi connectivity index (χ3v) is 9.09. The Morgan fingerprint density at radius 3 is 2.66 bits per heavy atom. The van der Waals surface area contributed by atoms with Crippen molar-refractivity contribution in [2.75, 3.05) is 12.9 Å². The summed E-state index contributed by atoms with van der Waals surface area (Å²) in [6.45, 7) is 9.50. The number of hydrogen-bond acceptors (Lipinski definition) is 4. The molecular weight excluding hydrogens is 386 g/mol. The van der Waals surface area contributed by atoms with Gasteiger partial charge in [-0.3, -0.25) is 13.8 Å². The summed E-state index contributed by atoms with van der Waals surface area (Å²) in [7, 11) is 0.0648. The highest BCUT2D eigenvalue weighted by atomic mass is 32.2. The number of aromatic hydroxyl groups is 1. The monoisotopic (exact) mass is 421 g/mol. The molecule has 5 atom stereocenters. The van der Waals surface area contributed by atoms with E-state index in [4.69, 9.17) is 0 Å². The van der Waals surface area contributed by atoms with Gasteiger partial charge in [0.05, 0.1) is 17.9 Å². The number of hydroxylamine groups is 1. The molecule has 2 aliphatic rings. The molecule has 2 N–H and O–H groups in total. The molecule has 5 nitrogen and oxygen atoms in total. The van der Waals surface area contributed by atoms with Gasteiger partial charge in [-0.2, -0.15) is 0 Å². The maximum atomic E-state index is 13.4. The van der Waals surface area contributed by atoms with Crippen LogP contribution in [0, 0.1) is 28.6 Å². The fourth-order valence-electron chi connectivity index (χ4n) is 6.22. The maximum Gasteiger partial charge on any atom is 0.275 e.